The molecule has 0 aliphatic carbocycles. The Labute approximate surface area is 79.9 Å². The molecule has 0 N–H and O–H groups in total. The molecule has 0 spiro atoms. The van der Waals surface area contributed by atoms with Gasteiger partial charge in [-0.25, -0.2) is 0 Å². The molecular weight excluding hydrogens is 281 g/mol. The summed E-state index contributed by atoms with van der Waals surface area (Å²) in [6.07, 6.45) is 0. The molecule has 0 aromatic carbocycles. The number of rotatable bonds is 0. The van der Waals surface area contributed by atoms with Crippen LogP contribution in [0.1, 0.15) is 0 Å². The maximum atomic E-state index is 0. The quantitative estimate of drug-likeness (QED) is 0.531. The molecule has 0 saturated carbocycles. The van der Waals surface area contributed by atoms with E-state index < -0.39 is 0 Å². The number of hydrogen-bond acceptors (Lipinski definition) is 0. The monoisotopic (exact) mass is 283 g/mol. The predicted molar refractivity (Wildman–Crippen MR) is 5.75 cm³/mol. The second-order valence-electron chi connectivity index (χ2n) is 0. The van der Waals surface area contributed by atoms with E-state index >= 15 is 0 Å². The van der Waals surface area contributed by atoms with Crippen molar-refractivity contribution in [3.8, 4) is 0 Å². The van der Waals surface area contributed by atoms with E-state index in [2.05, 4.69) is 0 Å². The van der Waals surface area contributed by atoms with Crippen LogP contribution < -0.4 is 0 Å². The molecule has 0 nitrogen and oxygen atoms in total. The predicted octanol–water partition coefficient (Wildman–Crippen LogP) is -0.391. The molecule has 0 bridgehead atoms. The summed E-state index contributed by atoms with van der Waals surface area (Å²) in [5.74, 6) is 0. The average molecular weight is 281 g/mol. The van der Waals surface area contributed by atoms with Crippen LogP contribution in [0.2, 0.25) is 0 Å². The summed E-state index contributed by atoms with van der Waals surface area (Å²) in [6, 6.07) is 0. The van der Waals surface area contributed by atoms with Crippen molar-refractivity contribution < 1.29 is 72.3 Å². The third-order valence-electron chi connectivity index (χ3n) is 0. The Morgan fingerprint density at radius 2 is 1.00 bits per heavy atom. The zero-order valence-corrected chi connectivity index (χ0v) is 7.25. The molecule has 0 atom stereocenters. The Balaban J connectivity index is 0. The van der Waals surface area contributed by atoms with Crippen LogP contribution in [-0.4, -0.2) is 8.41 Å². The first-order valence-electron chi connectivity index (χ1n) is 0. The molecule has 0 aromatic rings. The van der Waals surface area contributed by atoms with Gasteiger partial charge in [0.05, 0.1) is 0 Å². The molecule has 5 radical (unpaired) electrons. The van der Waals surface area contributed by atoms with Crippen molar-refractivity contribution in [2.45, 2.75) is 0 Å². The van der Waals surface area contributed by atoms with Gasteiger partial charge in [0.1, 0.15) is 0 Å². The van der Waals surface area contributed by atoms with Gasteiger partial charge in [0, 0.05) is 80.7 Å². The van der Waals surface area contributed by atoms with Crippen LogP contribution in [0.4, 0.5) is 0 Å². The van der Waals surface area contributed by atoms with Crippen molar-refractivity contribution >= 4 is 8.41 Å². The molecule has 0 amide bonds. The Hall–Kier alpha value is 2.31. The summed E-state index contributed by atoms with van der Waals surface area (Å²) in [7, 11) is 0. The first-order chi connectivity index (χ1) is 0. The maximum Gasteiger partial charge on any atom is 0 e. The van der Waals surface area contributed by atoms with E-state index in [0.717, 1.165) is 0 Å². The second kappa shape index (κ2) is 33.3. The molecule has 0 unspecified atom stereocenters. The molecule has 0 fully saturated rings. The Kier molecular flexibility index (Phi) is 363. The van der Waals surface area contributed by atoms with Crippen molar-refractivity contribution in [2.75, 3.05) is 0 Å². The molecule has 0 aliphatic rings. The summed E-state index contributed by atoms with van der Waals surface area (Å²) in [6.45, 7) is 0. The molecule has 5 heavy (non-hydrogen) atoms. The summed E-state index contributed by atoms with van der Waals surface area (Å²) in [5.41, 5.74) is 0. The van der Waals surface area contributed by atoms with Gasteiger partial charge in [-0.1, -0.05) is 0 Å². The summed E-state index contributed by atoms with van der Waals surface area (Å²) in [4.78, 5) is 0. The van der Waals surface area contributed by atoms with E-state index in [9.17, 15) is 0 Å². The van der Waals surface area contributed by atoms with Gasteiger partial charge < -0.3 is 0 Å². The van der Waals surface area contributed by atoms with Crippen molar-refractivity contribution in [1.82, 2.24) is 0 Å². The largest absolute Gasteiger partial charge is 0 e. The molecule has 0 saturated heterocycles. The fourth-order valence-electron chi connectivity index (χ4n) is 0. The zero-order valence-electron chi connectivity index (χ0n) is 2.02. The Morgan fingerprint density at radius 3 is 1.00 bits per heavy atom. The molecule has 0 heterocycles. The van der Waals surface area contributed by atoms with Crippen molar-refractivity contribution in [2.24, 2.45) is 0 Å². The van der Waals surface area contributed by atoms with Gasteiger partial charge in [-0.05, 0) is 0 Å². The van der Waals surface area contributed by atoms with Crippen LogP contribution in [0, 0.1) is 0 Å². The number of hydrogen-bond donors (Lipinski definition) is 0. The molecule has 5 heteroatoms. The van der Waals surface area contributed by atoms with Crippen LogP contribution in [0.5, 0.6) is 0 Å². The standard InChI is InChI=1S/B.Cu.Fe.Mn.Mo. The summed E-state index contributed by atoms with van der Waals surface area (Å²) >= 11 is 0. The first-order valence-corrected chi connectivity index (χ1v) is 0. The van der Waals surface area contributed by atoms with E-state index in [1.54, 1.807) is 0 Å². The van der Waals surface area contributed by atoms with E-state index in [1.165, 1.54) is 0 Å². The zero-order chi connectivity index (χ0) is 0. The molecule has 0 aromatic heterocycles. The van der Waals surface area contributed by atoms with E-state index in [-0.39, 0.29) is 80.7 Å². The fraction of sp³-hybridized carbons (Fsp3) is 0. The Bertz CT molecular complexity index is 11.6. The van der Waals surface area contributed by atoms with Gasteiger partial charge in [0.2, 0.25) is 0 Å². The smallest absolute Gasteiger partial charge is 0 e. The van der Waals surface area contributed by atoms with E-state index in [4.69, 9.17) is 0 Å². The van der Waals surface area contributed by atoms with Crippen molar-refractivity contribution in [3.05, 3.63) is 0 Å². The minimum Gasteiger partial charge on any atom is 0 e. The third kappa shape index (κ3) is 22.0. The summed E-state index contributed by atoms with van der Waals surface area (Å²) < 4.78 is 0. The second-order valence-corrected chi connectivity index (χ2v) is 0. The molecular formula is BCuFeMnMo. The fourth-order valence-corrected chi connectivity index (χ4v) is 0. The van der Waals surface area contributed by atoms with Crippen LogP contribution in [-0.2, 0) is 72.3 Å². The van der Waals surface area contributed by atoms with Crippen molar-refractivity contribution in [3.63, 3.8) is 0 Å². The first kappa shape index (κ1) is 54.5. The minimum atomic E-state index is 0. The minimum absolute atomic E-state index is 0. The SMILES string of the molecule is [B].[Cu].[Fe].[Mn].[Mo]. The topological polar surface area (TPSA) is 0 Å². The van der Waals surface area contributed by atoms with Gasteiger partial charge in [0.15, 0.2) is 0 Å². The van der Waals surface area contributed by atoms with Gasteiger partial charge in [-0.3, -0.25) is 0 Å². The van der Waals surface area contributed by atoms with Gasteiger partial charge in [-0.15, -0.1) is 0 Å². The Morgan fingerprint density at radius 1 is 1.00 bits per heavy atom. The van der Waals surface area contributed by atoms with E-state index in [0.29, 0.717) is 0 Å². The van der Waals surface area contributed by atoms with Crippen LogP contribution in [0.3, 0.4) is 0 Å². The third-order valence-corrected chi connectivity index (χ3v) is 0. The molecule has 0 rings (SSSR count). The summed E-state index contributed by atoms with van der Waals surface area (Å²) in [5, 5.41) is 0. The van der Waals surface area contributed by atoms with E-state index in [1.807, 2.05) is 0 Å². The molecule has 0 aliphatic heterocycles. The maximum absolute atomic E-state index is 0. The van der Waals surface area contributed by atoms with Crippen LogP contribution in [0.15, 0.2) is 0 Å². The van der Waals surface area contributed by atoms with Crippen molar-refractivity contribution in [1.29, 1.82) is 0 Å². The van der Waals surface area contributed by atoms with Crippen LogP contribution >= 0.6 is 0 Å². The average Bonchev–Trinajstić information content (AvgIpc) is 0. The van der Waals surface area contributed by atoms with Gasteiger partial charge in [0.25, 0.3) is 0 Å². The normalized spacial score (nSPS) is 0. The van der Waals surface area contributed by atoms with Gasteiger partial charge >= 0.3 is 0 Å². The van der Waals surface area contributed by atoms with Crippen LogP contribution in [0.25, 0.3) is 0 Å². The van der Waals surface area contributed by atoms with Gasteiger partial charge in [-0.2, -0.15) is 0 Å². The molecule has 35 valence electrons.